The largest absolute Gasteiger partial charge is 0.410 e. The van der Waals surface area contributed by atoms with Crippen molar-refractivity contribution in [3.63, 3.8) is 0 Å². The number of carbonyl (C=O) groups is 1. The number of aromatic nitrogens is 1. The van der Waals surface area contributed by atoms with Crippen molar-refractivity contribution < 1.29 is 9.53 Å². The molecule has 0 N–H and O–H groups in total. The number of carbonyl (C=O) groups excluding carboxylic acids is 1. The molecule has 1 aromatic heterocycles. The number of hydrogen-bond donors (Lipinski definition) is 0. The van der Waals surface area contributed by atoms with Gasteiger partial charge in [-0.1, -0.05) is 0 Å². The topological polar surface area (TPSA) is 31.2 Å². The number of nitrogens with zero attached hydrogens (tertiary/aromatic N) is 1. The summed E-state index contributed by atoms with van der Waals surface area (Å²) < 4.78 is 6.55. The summed E-state index contributed by atoms with van der Waals surface area (Å²) in [5.41, 5.74) is 0. The van der Waals surface area contributed by atoms with Crippen molar-refractivity contribution in [2.75, 3.05) is 0 Å². The number of aryl methyl sites for hydroxylation is 1. The maximum absolute atomic E-state index is 10.4. The number of ether oxygens (including phenoxy) is 1. The molecule has 3 heteroatoms. The lowest BCUT2D eigenvalue weighted by atomic mass is 10.6. The molecule has 1 aromatic rings. The van der Waals surface area contributed by atoms with Crippen LogP contribution in [-0.2, 0) is 11.8 Å². The number of hydrogen-bond acceptors (Lipinski definition) is 2. The van der Waals surface area contributed by atoms with Crippen molar-refractivity contribution in [1.29, 1.82) is 0 Å². The monoisotopic (exact) mass is 139 g/mol. The summed E-state index contributed by atoms with van der Waals surface area (Å²) in [5, 5.41) is 0. The van der Waals surface area contributed by atoms with Crippen molar-refractivity contribution >= 4 is 5.97 Å². The van der Waals surface area contributed by atoms with Crippen molar-refractivity contribution in [2.24, 2.45) is 7.05 Å². The third-order valence-corrected chi connectivity index (χ3v) is 1.14. The molecule has 0 radical (unpaired) electrons. The SMILES string of the molecule is CC(=O)Oc1cccn1C. The van der Waals surface area contributed by atoms with Gasteiger partial charge >= 0.3 is 5.97 Å². The Bertz CT molecular complexity index is 240. The van der Waals surface area contributed by atoms with Crippen LogP contribution in [-0.4, -0.2) is 10.5 Å². The minimum absolute atomic E-state index is 0.290. The van der Waals surface area contributed by atoms with Crippen molar-refractivity contribution in [3.8, 4) is 5.88 Å². The van der Waals surface area contributed by atoms with Gasteiger partial charge in [-0.2, -0.15) is 0 Å². The van der Waals surface area contributed by atoms with Crippen molar-refractivity contribution in [2.45, 2.75) is 6.92 Å². The zero-order chi connectivity index (χ0) is 7.56. The van der Waals surface area contributed by atoms with Crippen LogP contribution in [0.2, 0.25) is 0 Å². The fourth-order valence-corrected chi connectivity index (χ4v) is 0.699. The zero-order valence-corrected chi connectivity index (χ0v) is 6.00. The highest BCUT2D eigenvalue weighted by molar-refractivity contribution is 5.68. The van der Waals surface area contributed by atoms with Crippen LogP contribution in [0, 0.1) is 0 Å². The molecule has 0 saturated carbocycles. The van der Waals surface area contributed by atoms with Crippen LogP contribution < -0.4 is 4.74 Å². The van der Waals surface area contributed by atoms with E-state index < -0.39 is 0 Å². The van der Waals surface area contributed by atoms with Gasteiger partial charge in [-0.25, -0.2) is 0 Å². The van der Waals surface area contributed by atoms with Gasteiger partial charge in [0.1, 0.15) is 0 Å². The number of rotatable bonds is 1. The second kappa shape index (κ2) is 2.56. The molecule has 1 rings (SSSR count). The fourth-order valence-electron chi connectivity index (χ4n) is 0.699. The third-order valence-electron chi connectivity index (χ3n) is 1.14. The predicted molar refractivity (Wildman–Crippen MR) is 36.7 cm³/mol. The lowest BCUT2D eigenvalue weighted by Gasteiger charge is -1.99. The van der Waals surface area contributed by atoms with Gasteiger partial charge in [0.25, 0.3) is 0 Å². The molecule has 0 spiro atoms. The minimum atomic E-state index is -0.290. The van der Waals surface area contributed by atoms with Gasteiger partial charge in [0.05, 0.1) is 0 Å². The van der Waals surface area contributed by atoms with Crippen LogP contribution in [0.25, 0.3) is 0 Å². The summed E-state index contributed by atoms with van der Waals surface area (Å²) in [6.45, 7) is 1.38. The van der Waals surface area contributed by atoms with Crippen LogP contribution in [0.1, 0.15) is 6.92 Å². The first-order valence-electron chi connectivity index (χ1n) is 3.00. The van der Waals surface area contributed by atoms with Gasteiger partial charge in [-0.3, -0.25) is 4.79 Å². The van der Waals surface area contributed by atoms with Crippen LogP contribution in [0.4, 0.5) is 0 Å². The highest BCUT2D eigenvalue weighted by atomic mass is 16.5. The molecule has 3 nitrogen and oxygen atoms in total. The van der Waals surface area contributed by atoms with Crippen LogP contribution >= 0.6 is 0 Å². The maximum Gasteiger partial charge on any atom is 0.309 e. The van der Waals surface area contributed by atoms with Crippen molar-refractivity contribution in [1.82, 2.24) is 4.57 Å². The van der Waals surface area contributed by atoms with E-state index in [2.05, 4.69) is 0 Å². The third kappa shape index (κ3) is 1.37. The molecule has 0 aliphatic heterocycles. The Labute approximate surface area is 59.2 Å². The molecule has 0 unspecified atom stereocenters. The lowest BCUT2D eigenvalue weighted by Crippen LogP contribution is -2.04. The first-order valence-corrected chi connectivity index (χ1v) is 3.00. The predicted octanol–water partition coefficient (Wildman–Crippen LogP) is 0.950. The quantitative estimate of drug-likeness (QED) is 0.542. The molecular formula is C7H9NO2. The molecule has 0 aliphatic carbocycles. The molecule has 1 heterocycles. The van der Waals surface area contributed by atoms with E-state index in [1.807, 2.05) is 19.3 Å². The second-order valence-electron chi connectivity index (χ2n) is 2.05. The smallest absolute Gasteiger partial charge is 0.309 e. The van der Waals surface area contributed by atoms with E-state index in [9.17, 15) is 4.79 Å². The van der Waals surface area contributed by atoms with E-state index in [0.717, 1.165) is 0 Å². The van der Waals surface area contributed by atoms with E-state index in [1.54, 1.807) is 10.6 Å². The standard InChI is InChI=1S/C7H9NO2/c1-6(9)10-7-4-3-5-8(7)2/h3-5H,1-2H3. The van der Waals surface area contributed by atoms with E-state index in [-0.39, 0.29) is 5.97 Å². The molecule has 0 aromatic carbocycles. The average Bonchev–Trinajstić information content (AvgIpc) is 2.15. The van der Waals surface area contributed by atoms with Gasteiger partial charge in [0.15, 0.2) is 0 Å². The lowest BCUT2D eigenvalue weighted by molar-refractivity contribution is -0.132. The van der Waals surface area contributed by atoms with Gasteiger partial charge in [0, 0.05) is 26.2 Å². The molecule has 0 atom stereocenters. The van der Waals surface area contributed by atoms with Gasteiger partial charge in [-0.15, -0.1) is 0 Å². The van der Waals surface area contributed by atoms with Gasteiger partial charge in [-0.05, 0) is 6.07 Å². The summed E-state index contributed by atoms with van der Waals surface area (Å²) >= 11 is 0. The van der Waals surface area contributed by atoms with Gasteiger partial charge in [0.2, 0.25) is 5.88 Å². The summed E-state index contributed by atoms with van der Waals surface area (Å²) in [5.74, 6) is 0.286. The summed E-state index contributed by atoms with van der Waals surface area (Å²) in [4.78, 5) is 10.4. The van der Waals surface area contributed by atoms with Crippen molar-refractivity contribution in [3.05, 3.63) is 18.3 Å². The Morgan fingerprint density at radius 1 is 1.70 bits per heavy atom. The highest BCUT2D eigenvalue weighted by Gasteiger charge is 1.98. The Morgan fingerprint density at radius 3 is 2.80 bits per heavy atom. The summed E-state index contributed by atoms with van der Waals surface area (Å²) in [7, 11) is 1.82. The van der Waals surface area contributed by atoms with E-state index in [1.165, 1.54) is 6.92 Å². The molecular weight excluding hydrogens is 130 g/mol. The fraction of sp³-hybridized carbons (Fsp3) is 0.286. The summed E-state index contributed by atoms with van der Waals surface area (Å²) in [6, 6.07) is 3.56. The van der Waals surface area contributed by atoms with Gasteiger partial charge < -0.3 is 9.30 Å². The van der Waals surface area contributed by atoms with Crippen LogP contribution in [0.15, 0.2) is 18.3 Å². The zero-order valence-electron chi connectivity index (χ0n) is 6.00. The summed E-state index contributed by atoms with van der Waals surface area (Å²) in [6.07, 6.45) is 1.82. The first-order chi connectivity index (χ1) is 4.70. The van der Waals surface area contributed by atoms with Crippen LogP contribution in [0.5, 0.6) is 5.88 Å². The minimum Gasteiger partial charge on any atom is -0.410 e. The van der Waals surface area contributed by atoms with E-state index in [0.29, 0.717) is 5.88 Å². The second-order valence-corrected chi connectivity index (χ2v) is 2.05. The van der Waals surface area contributed by atoms with E-state index >= 15 is 0 Å². The molecule has 0 amide bonds. The Kier molecular flexibility index (Phi) is 1.76. The molecule has 54 valence electrons. The molecule has 0 fully saturated rings. The molecule has 10 heavy (non-hydrogen) atoms. The molecule has 0 saturated heterocycles. The first kappa shape index (κ1) is 6.86. The molecule has 0 bridgehead atoms. The van der Waals surface area contributed by atoms with Crippen LogP contribution in [0.3, 0.4) is 0 Å². The Hall–Kier alpha value is -1.25. The molecule has 0 aliphatic rings. The Balaban J connectivity index is 2.74. The maximum atomic E-state index is 10.4. The highest BCUT2D eigenvalue weighted by Crippen LogP contribution is 2.08. The Morgan fingerprint density at radius 2 is 2.40 bits per heavy atom. The van der Waals surface area contributed by atoms with E-state index in [4.69, 9.17) is 4.74 Å². The normalized spacial score (nSPS) is 9.40. The number of esters is 1. The average molecular weight is 139 g/mol.